The fourth-order valence-electron chi connectivity index (χ4n) is 5.00. The van der Waals surface area contributed by atoms with Crippen LogP contribution in [0.5, 0.6) is 5.75 Å². The summed E-state index contributed by atoms with van der Waals surface area (Å²) in [6.45, 7) is 3.12. The van der Waals surface area contributed by atoms with Crippen LogP contribution in [0.3, 0.4) is 0 Å². The topological polar surface area (TPSA) is 32.7 Å². The van der Waals surface area contributed by atoms with Gasteiger partial charge in [-0.2, -0.15) is 0 Å². The van der Waals surface area contributed by atoms with Crippen molar-refractivity contribution in [2.24, 2.45) is 5.92 Å². The van der Waals surface area contributed by atoms with Crippen molar-refractivity contribution >= 4 is 0 Å². The molecule has 150 valence electrons. The fourth-order valence-corrected chi connectivity index (χ4v) is 5.00. The van der Waals surface area contributed by atoms with E-state index >= 15 is 0 Å². The minimum atomic E-state index is -0.414. The van der Waals surface area contributed by atoms with E-state index in [4.69, 9.17) is 4.74 Å². The molecule has 3 nitrogen and oxygen atoms in total. The smallest absolute Gasteiger partial charge is 0.123 e. The van der Waals surface area contributed by atoms with Crippen molar-refractivity contribution in [1.82, 2.24) is 4.90 Å². The van der Waals surface area contributed by atoms with Crippen molar-refractivity contribution in [3.05, 3.63) is 65.0 Å². The Kier molecular flexibility index (Phi) is 5.98. The maximum atomic E-state index is 13.5. The maximum Gasteiger partial charge on any atom is 0.123 e. The van der Waals surface area contributed by atoms with Crippen LogP contribution in [-0.2, 0) is 6.42 Å². The molecule has 4 heteroatoms. The van der Waals surface area contributed by atoms with Crippen LogP contribution in [0.25, 0.3) is 0 Å². The molecule has 0 amide bonds. The van der Waals surface area contributed by atoms with Crippen LogP contribution in [0.1, 0.15) is 54.4 Å². The summed E-state index contributed by atoms with van der Waals surface area (Å²) >= 11 is 0. The zero-order chi connectivity index (χ0) is 19.5. The Morgan fingerprint density at radius 1 is 1.11 bits per heavy atom. The summed E-state index contributed by atoms with van der Waals surface area (Å²) in [6, 6.07) is 13.1. The number of nitrogens with zero attached hydrogens (tertiary/aromatic N) is 1. The normalized spacial score (nSPS) is 23.8. The summed E-state index contributed by atoms with van der Waals surface area (Å²) < 4.78 is 19.0. The van der Waals surface area contributed by atoms with Gasteiger partial charge in [-0.3, -0.25) is 0 Å². The summed E-state index contributed by atoms with van der Waals surface area (Å²) in [5.41, 5.74) is 3.34. The molecular weight excluding hydrogens is 353 g/mol. The van der Waals surface area contributed by atoms with E-state index in [1.165, 1.54) is 11.6 Å². The van der Waals surface area contributed by atoms with Crippen LogP contribution < -0.4 is 4.74 Å². The highest BCUT2D eigenvalue weighted by atomic mass is 19.1. The molecule has 2 unspecified atom stereocenters. The van der Waals surface area contributed by atoms with Gasteiger partial charge >= 0.3 is 0 Å². The van der Waals surface area contributed by atoms with E-state index in [0.717, 1.165) is 68.6 Å². The zero-order valence-corrected chi connectivity index (χ0v) is 16.6. The molecule has 1 aliphatic carbocycles. The Morgan fingerprint density at radius 2 is 1.89 bits per heavy atom. The van der Waals surface area contributed by atoms with Crippen molar-refractivity contribution in [2.75, 3.05) is 26.7 Å². The maximum absolute atomic E-state index is 13.5. The third-order valence-corrected chi connectivity index (χ3v) is 6.53. The number of fused-ring (bicyclic) bond motifs is 1. The lowest BCUT2D eigenvalue weighted by molar-refractivity contribution is 0.117. The van der Waals surface area contributed by atoms with Crippen LogP contribution >= 0.6 is 0 Å². The molecule has 0 saturated carbocycles. The first-order valence-corrected chi connectivity index (χ1v) is 10.5. The number of piperidine rings is 1. The average molecular weight is 384 g/mol. The molecule has 0 radical (unpaired) electrons. The molecule has 2 atom stereocenters. The molecule has 1 aliphatic heterocycles. The highest BCUT2D eigenvalue weighted by Gasteiger charge is 2.28. The third kappa shape index (κ3) is 4.23. The van der Waals surface area contributed by atoms with Crippen molar-refractivity contribution < 1.29 is 14.2 Å². The van der Waals surface area contributed by atoms with Crippen LogP contribution in [0, 0.1) is 11.7 Å². The molecule has 2 aromatic rings. The second-order valence-electron chi connectivity index (χ2n) is 8.31. The Bertz CT molecular complexity index is 801. The number of hydrogen-bond acceptors (Lipinski definition) is 3. The molecule has 1 saturated heterocycles. The number of aliphatic hydroxyl groups is 1. The third-order valence-electron chi connectivity index (χ3n) is 6.53. The van der Waals surface area contributed by atoms with Crippen molar-refractivity contribution in [2.45, 2.75) is 44.1 Å². The molecule has 4 rings (SSSR count). The van der Waals surface area contributed by atoms with E-state index in [-0.39, 0.29) is 5.82 Å². The summed E-state index contributed by atoms with van der Waals surface area (Å²) in [5, 5.41) is 10.8. The predicted molar refractivity (Wildman–Crippen MR) is 109 cm³/mol. The summed E-state index contributed by atoms with van der Waals surface area (Å²) in [4.78, 5) is 2.53. The monoisotopic (exact) mass is 383 g/mol. The number of likely N-dealkylation sites (tertiary alicyclic amines) is 1. The van der Waals surface area contributed by atoms with Gasteiger partial charge in [-0.05, 0) is 91.9 Å². The SMILES string of the molecule is COc1cccc2c1CCC(CN1CCC(c3cccc(F)c3)CC1)CC2O. The van der Waals surface area contributed by atoms with Crippen molar-refractivity contribution in [3.8, 4) is 5.75 Å². The van der Waals surface area contributed by atoms with Gasteiger partial charge in [0.1, 0.15) is 11.6 Å². The van der Waals surface area contributed by atoms with Gasteiger partial charge in [-0.25, -0.2) is 4.39 Å². The van der Waals surface area contributed by atoms with Gasteiger partial charge in [0, 0.05) is 6.54 Å². The summed E-state index contributed by atoms with van der Waals surface area (Å²) in [6.07, 6.45) is 4.58. The summed E-state index contributed by atoms with van der Waals surface area (Å²) in [7, 11) is 1.70. The molecule has 2 aliphatic rings. The lowest BCUT2D eigenvalue weighted by Crippen LogP contribution is -2.36. The molecule has 2 aromatic carbocycles. The van der Waals surface area contributed by atoms with Gasteiger partial charge in [0.05, 0.1) is 13.2 Å². The largest absolute Gasteiger partial charge is 0.496 e. The van der Waals surface area contributed by atoms with E-state index in [1.807, 2.05) is 24.3 Å². The van der Waals surface area contributed by atoms with Crippen molar-refractivity contribution in [1.29, 1.82) is 0 Å². The van der Waals surface area contributed by atoms with E-state index in [9.17, 15) is 9.50 Å². The molecule has 0 aromatic heterocycles. The highest BCUT2D eigenvalue weighted by Crippen LogP contribution is 2.37. The highest BCUT2D eigenvalue weighted by molar-refractivity contribution is 5.42. The minimum Gasteiger partial charge on any atom is -0.496 e. The Morgan fingerprint density at radius 3 is 2.64 bits per heavy atom. The molecular formula is C24H30FNO2. The average Bonchev–Trinajstić information content (AvgIpc) is 2.87. The minimum absolute atomic E-state index is 0.137. The lowest BCUT2D eigenvalue weighted by atomic mass is 9.88. The number of halogens is 1. The molecule has 1 fully saturated rings. The van der Waals surface area contributed by atoms with Gasteiger partial charge in [0.15, 0.2) is 0 Å². The van der Waals surface area contributed by atoms with E-state index in [0.29, 0.717) is 11.8 Å². The molecule has 0 spiro atoms. The van der Waals surface area contributed by atoms with Gasteiger partial charge < -0.3 is 14.7 Å². The number of methoxy groups -OCH3 is 1. The molecule has 0 bridgehead atoms. The van der Waals surface area contributed by atoms with Crippen molar-refractivity contribution in [3.63, 3.8) is 0 Å². The van der Waals surface area contributed by atoms with Gasteiger partial charge in [-0.15, -0.1) is 0 Å². The Hall–Kier alpha value is -1.91. The number of rotatable bonds is 4. The number of hydrogen-bond donors (Lipinski definition) is 1. The van der Waals surface area contributed by atoms with Gasteiger partial charge in [-0.1, -0.05) is 24.3 Å². The van der Waals surface area contributed by atoms with Crippen LogP contribution in [0.15, 0.2) is 42.5 Å². The van der Waals surface area contributed by atoms with Crippen LogP contribution in [0.2, 0.25) is 0 Å². The number of aliphatic hydroxyl groups excluding tert-OH is 1. The Labute approximate surface area is 167 Å². The van der Waals surface area contributed by atoms with E-state index in [2.05, 4.69) is 11.0 Å². The van der Waals surface area contributed by atoms with Crippen LogP contribution in [-0.4, -0.2) is 36.8 Å². The fraction of sp³-hybridized carbons (Fsp3) is 0.500. The molecule has 28 heavy (non-hydrogen) atoms. The Balaban J connectivity index is 1.35. The standard InChI is InChI=1S/C24H30FNO2/c1-28-24-7-3-6-21-22(24)9-8-17(14-23(21)27)16-26-12-10-18(11-13-26)19-4-2-5-20(25)15-19/h2-7,15,17-18,23,27H,8-14,16H2,1H3. The van der Waals surface area contributed by atoms with Gasteiger partial charge in [0.2, 0.25) is 0 Å². The number of benzene rings is 2. The van der Waals surface area contributed by atoms with Crippen LogP contribution in [0.4, 0.5) is 4.39 Å². The predicted octanol–water partition coefficient (Wildman–Crippen LogP) is 4.70. The molecule has 1 heterocycles. The summed E-state index contributed by atoms with van der Waals surface area (Å²) in [5.74, 6) is 1.70. The van der Waals surface area contributed by atoms with Gasteiger partial charge in [0.25, 0.3) is 0 Å². The quantitative estimate of drug-likeness (QED) is 0.777. The van der Waals surface area contributed by atoms with E-state index in [1.54, 1.807) is 13.2 Å². The van der Waals surface area contributed by atoms with E-state index < -0.39 is 6.10 Å². The number of ether oxygens (including phenoxy) is 1. The first-order valence-electron chi connectivity index (χ1n) is 10.5. The first-order chi connectivity index (χ1) is 13.6. The zero-order valence-electron chi connectivity index (χ0n) is 16.6. The first kappa shape index (κ1) is 19.4. The second kappa shape index (κ2) is 8.62. The molecule has 1 N–H and O–H groups in total. The second-order valence-corrected chi connectivity index (χ2v) is 8.31. The lowest BCUT2D eigenvalue weighted by Gasteiger charge is -2.34.